The van der Waals surface area contributed by atoms with Crippen molar-refractivity contribution in [2.75, 3.05) is 0 Å². The quantitative estimate of drug-likeness (QED) is 0.502. The minimum Gasteiger partial charge on any atom is -0.0654 e. The smallest absolute Gasteiger partial charge is 0.0325 e. The van der Waals surface area contributed by atoms with Crippen molar-refractivity contribution in [2.45, 2.75) is 78.6 Å². The van der Waals surface area contributed by atoms with Crippen LogP contribution in [0.4, 0.5) is 0 Å². The SMILES string of the molecule is CCCCC(CC)CCCC1(C)CC1. The Labute approximate surface area is 90.5 Å². The van der Waals surface area contributed by atoms with Gasteiger partial charge in [0, 0.05) is 0 Å². The van der Waals surface area contributed by atoms with Gasteiger partial charge in [0.2, 0.25) is 0 Å². The van der Waals surface area contributed by atoms with Gasteiger partial charge in [-0.1, -0.05) is 59.3 Å². The molecule has 1 fully saturated rings. The Morgan fingerprint density at radius 3 is 2.21 bits per heavy atom. The molecule has 0 aromatic carbocycles. The van der Waals surface area contributed by atoms with E-state index in [2.05, 4.69) is 20.8 Å². The molecule has 0 heteroatoms. The lowest BCUT2D eigenvalue weighted by Gasteiger charge is -2.15. The Balaban J connectivity index is 2.01. The molecule has 1 saturated carbocycles. The Hall–Kier alpha value is 0. The largest absolute Gasteiger partial charge is 0.0654 e. The molecule has 0 saturated heterocycles. The fourth-order valence-electron chi connectivity index (χ4n) is 2.33. The molecular formula is C14H28. The zero-order valence-electron chi connectivity index (χ0n) is 10.4. The maximum Gasteiger partial charge on any atom is -0.0325 e. The first-order valence-corrected chi connectivity index (χ1v) is 6.70. The minimum atomic E-state index is 0.781. The van der Waals surface area contributed by atoms with Crippen molar-refractivity contribution in [1.82, 2.24) is 0 Å². The molecule has 0 aromatic heterocycles. The first-order chi connectivity index (χ1) is 6.70. The van der Waals surface area contributed by atoms with Gasteiger partial charge in [0.25, 0.3) is 0 Å². The molecule has 1 aliphatic carbocycles. The highest BCUT2D eigenvalue weighted by atomic mass is 14.4. The molecular weight excluding hydrogens is 168 g/mol. The summed E-state index contributed by atoms with van der Waals surface area (Å²) in [5.41, 5.74) is 0.781. The van der Waals surface area contributed by atoms with Gasteiger partial charge in [0.05, 0.1) is 0 Å². The number of rotatable bonds is 8. The van der Waals surface area contributed by atoms with Crippen molar-refractivity contribution in [3.8, 4) is 0 Å². The van der Waals surface area contributed by atoms with Gasteiger partial charge in [-0.25, -0.2) is 0 Å². The standard InChI is InChI=1S/C14H28/c1-4-6-8-13(5-2)9-7-10-14(3)11-12-14/h13H,4-12H2,1-3H3. The Kier molecular flexibility index (Phi) is 4.98. The molecule has 0 aliphatic heterocycles. The van der Waals surface area contributed by atoms with Gasteiger partial charge in [0.1, 0.15) is 0 Å². The van der Waals surface area contributed by atoms with E-state index in [1.54, 1.807) is 0 Å². The molecule has 0 heterocycles. The van der Waals surface area contributed by atoms with E-state index in [1.807, 2.05) is 0 Å². The summed E-state index contributed by atoms with van der Waals surface area (Å²) in [7, 11) is 0. The highest BCUT2D eigenvalue weighted by Crippen LogP contribution is 2.49. The molecule has 1 rings (SSSR count). The van der Waals surface area contributed by atoms with Crippen LogP contribution in [-0.4, -0.2) is 0 Å². The molecule has 0 radical (unpaired) electrons. The number of hydrogen-bond donors (Lipinski definition) is 0. The van der Waals surface area contributed by atoms with Crippen molar-refractivity contribution in [1.29, 1.82) is 0 Å². The molecule has 1 unspecified atom stereocenters. The molecule has 14 heavy (non-hydrogen) atoms. The summed E-state index contributed by atoms with van der Waals surface area (Å²) >= 11 is 0. The van der Waals surface area contributed by atoms with Gasteiger partial charge in [-0.05, 0) is 30.6 Å². The summed E-state index contributed by atoms with van der Waals surface area (Å²) < 4.78 is 0. The van der Waals surface area contributed by atoms with E-state index in [-0.39, 0.29) is 0 Å². The van der Waals surface area contributed by atoms with Crippen LogP contribution in [0.3, 0.4) is 0 Å². The van der Waals surface area contributed by atoms with Crippen LogP contribution in [0.25, 0.3) is 0 Å². The summed E-state index contributed by atoms with van der Waals surface area (Å²) in [6.07, 6.45) is 13.2. The first kappa shape index (κ1) is 12.1. The van der Waals surface area contributed by atoms with Crippen LogP contribution in [0.2, 0.25) is 0 Å². The van der Waals surface area contributed by atoms with Gasteiger partial charge < -0.3 is 0 Å². The summed E-state index contributed by atoms with van der Waals surface area (Å²) in [6.45, 7) is 7.12. The summed E-state index contributed by atoms with van der Waals surface area (Å²) in [6, 6.07) is 0. The highest BCUT2D eigenvalue weighted by Gasteiger charge is 2.36. The lowest BCUT2D eigenvalue weighted by Crippen LogP contribution is -2.01. The number of unbranched alkanes of at least 4 members (excludes halogenated alkanes) is 1. The second-order valence-corrected chi connectivity index (χ2v) is 5.62. The predicted molar refractivity (Wildman–Crippen MR) is 64.5 cm³/mol. The van der Waals surface area contributed by atoms with E-state index in [0.717, 1.165) is 11.3 Å². The van der Waals surface area contributed by atoms with E-state index < -0.39 is 0 Å². The second kappa shape index (κ2) is 5.78. The number of hydrogen-bond acceptors (Lipinski definition) is 0. The molecule has 84 valence electrons. The third-order valence-electron chi connectivity index (χ3n) is 4.04. The Bertz CT molecular complexity index is 144. The van der Waals surface area contributed by atoms with Crippen LogP contribution in [0.5, 0.6) is 0 Å². The average Bonchev–Trinajstić information content (AvgIpc) is 2.90. The van der Waals surface area contributed by atoms with Crippen molar-refractivity contribution in [3.05, 3.63) is 0 Å². The monoisotopic (exact) mass is 196 g/mol. The third-order valence-corrected chi connectivity index (χ3v) is 4.04. The Morgan fingerprint density at radius 2 is 1.71 bits per heavy atom. The zero-order valence-corrected chi connectivity index (χ0v) is 10.4. The zero-order chi connectivity index (χ0) is 10.4. The normalized spacial score (nSPS) is 20.8. The predicted octanol–water partition coefficient (Wildman–Crippen LogP) is 5.17. The molecule has 0 amide bonds. The molecule has 0 aromatic rings. The molecule has 0 spiro atoms. The van der Waals surface area contributed by atoms with Gasteiger partial charge in [-0.15, -0.1) is 0 Å². The van der Waals surface area contributed by atoms with Crippen LogP contribution >= 0.6 is 0 Å². The van der Waals surface area contributed by atoms with Crippen LogP contribution in [-0.2, 0) is 0 Å². The summed E-state index contributed by atoms with van der Waals surface area (Å²) in [5, 5.41) is 0. The molecule has 1 atom stereocenters. The van der Waals surface area contributed by atoms with E-state index in [1.165, 1.54) is 57.8 Å². The molecule has 0 N–H and O–H groups in total. The van der Waals surface area contributed by atoms with Crippen LogP contribution in [0.1, 0.15) is 78.6 Å². The average molecular weight is 196 g/mol. The van der Waals surface area contributed by atoms with Gasteiger partial charge >= 0.3 is 0 Å². The fraction of sp³-hybridized carbons (Fsp3) is 1.00. The van der Waals surface area contributed by atoms with Crippen molar-refractivity contribution in [2.24, 2.45) is 11.3 Å². The van der Waals surface area contributed by atoms with Gasteiger partial charge in [0.15, 0.2) is 0 Å². The van der Waals surface area contributed by atoms with Gasteiger partial charge in [-0.3, -0.25) is 0 Å². The van der Waals surface area contributed by atoms with E-state index in [4.69, 9.17) is 0 Å². The van der Waals surface area contributed by atoms with Crippen LogP contribution in [0.15, 0.2) is 0 Å². The maximum absolute atomic E-state index is 2.46. The highest BCUT2D eigenvalue weighted by molar-refractivity contribution is 4.88. The lowest BCUT2D eigenvalue weighted by atomic mass is 9.91. The second-order valence-electron chi connectivity index (χ2n) is 5.62. The van der Waals surface area contributed by atoms with E-state index >= 15 is 0 Å². The third kappa shape index (κ3) is 4.48. The van der Waals surface area contributed by atoms with Gasteiger partial charge in [-0.2, -0.15) is 0 Å². The van der Waals surface area contributed by atoms with Crippen LogP contribution in [0, 0.1) is 11.3 Å². The van der Waals surface area contributed by atoms with E-state index in [0.29, 0.717) is 0 Å². The molecule has 0 nitrogen and oxygen atoms in total. The summed E-state index contributed by atoms with van der Waals surface area (Å²) in [4.78, 5) is 0. The lowest BCUT2D eigenvalue weighted by molar-refractivity contribution is 0.377. The van der Waals surface area contributed by atoms with E-state index in [9.17, 15) is 0 Å². The van der Waals surface area contributed by atoms with Crippen molar-refractivity contribution >= 4 is 0 Å². The van der Waals surface area contributed by atoms with Crippen LogP contribution < -0.4 is 0 Å². The maximum atomic E-state index is 2.46. The molecule has 0 bridgehead atoms. The van der Waals surface area contributed by atoms with Crippen molar-refractivity contribution < 1.29 is 0 Å². The minimum absolute atomic E-state index is 0.781. The Morgan fingerprint density at radius 1 is 1.07 bits per heavy atom. The summed E-state index contributed by atoms with van der Waals surface area (Å²) in [5.74, 6) is 1.03. The van der Waals surface area contributed by atoms with Crippen molar-refractivity contribution in [3.63, 3.8) is 0 Å². The topological polar surface area (TPSA) is 0 Å². The fourth-order valence-corrected chi connectivity index (χ4v) is 2.33. The molecule has 1 aliphatic rings. The first-order valence-electron chi connectivity index (χ1n) is 6.70.